The van der Waals surface area contributed by atoms with Crippen LogP contribution in [0.25, 0.3) is 0 Å². The summed E-state index contributed by atoms with van der Waals surface area (Å²) in [5.41, 5.74) is 0.932. The average Bonchev–Trinajstić information content (AvgIpc) is 2.50. The first kappa shape index (κ1) is 12.1. The minimum absolute atomic E-state index is 0.286. The summed E-state index contributed by atoms with van der Waals surface area (Å²) >= 11 is 11.5. The summed E-state index contributed by atoms with van der Waals surface area (Å²) in [6.45, 7) is 2.00. The van der Waals surface area contributed by atoms with Gasteiger partial charge in [0.2, 0.25) is 0 Å². The number of carbonyl (C=O) groups excluding carboxylic acids is 2. The summed E-state index contributed by atoms with van der Waals surface area (Å²) in [6, 6.07) is 4.82. The molecular formula is C12H9Cl2NO2. The number of fused-ring (bicyclic) bond motifs is 1. The first-order valence-electron chi connectivity index (χ1n) is 4.98. The van der Waals surface area contributed by atoms with Crippen molar-refractivity contribution in [2.24, 2.45) is 0 Å². The van der Waals surface area contributed by atoms with Gasteiger partial charge in [0.15, 0.2) is 0 Å². The topological polar surface area (TPSA) is 37.4 Å². The minimum Gasteiger partial charge on any atom is -0.301 e. The van der Waals surface area contributed by atoms with Crippen molar-refractivity contribution in [1.29, 1.82) is 0 Å². The van der Waals surface area contributed by atoms with E-state index in [1.165, 1.54) is 11.0 Å². The van der Waals surface area contributed by atoms with Gasteiger partial charge in [0.1, 0.15) is 0 Å². The smallest absolute Gasteiger partial charge is 0.299 e. The number of rotatable bonds is 2. The fraction of sp³-hybridized carbons (Fsp3) is 0.167. The van der Waals surface area contributed by atoms with Gasteiger partial charge in [-0.25, -0.2) is 0 Å². The van der Waals surface area contributed by atoms with Gasteiger partial charge >= 0.3 is 0 Å². The number of ketones is 1. The fourth-order valence-corrected chi connectivity index (χ4v) is 1.91. The van der Waals surface area contributed by atoms with Crippen LogP contribution >= 0.6 is 23.2 Å². The van der Waals surface area contributed by atoms with E-state index < -0.39 is 11.7 Å². The summed E-state index contributed by atoms with van der Waals surface area (Å²) in [5, 5.41) is 1.02. The number of anilines is 1. The molecule has 1 aliphatic heterocycles. The number of carbonyl (C=O) groups is 2. The van der Waals surface area contributed by atoms with Crippen molar-refractivity contribution in [3.63, 3.8) is 0 Å². The van der Waals surface area contributed by atoms with Crippen LogP contribution < -0.4 is 4.90 Å². The molecule has 0 N–H and O–H groups in total. The summed E-state index contributed by atoms with van der Waals surface area (Å²) in [7, 11) is 0. The second kappa shape index (κ2) is 4.51. The van der Waals surface area contributed by atoms with Gasteiger partial charge in [0, 0.05) is 16.6 Å². The molecule has 0 fully saturated rings. The van der Waals surface area contributed by atoms with E-state index in [2.05, 4.69) is 0 Å². The van der Waals surface area contributed by atoms with Crippen LogP contribution in [-0.4, -0.2) is 18.2 Å². The Morgan fingerprint density at radius 1 is 1.41 bits per heavy atom. The highest BCUT2D eigenvalue weighted by atomic mass is 35.5. The number of hydrogen-bond donors (Lipinski definition) is 0. The highest BCUT2D eigenvalue weighted by Gasteiger charge is 2.35. The molecule has 1 heterocycles. The predicted molar refractivity (Wildman–Crippen MR) is 67.7 cm³/mol. The van der Waals surface area contributed by atoms with Gasteiger partial charge in [-0.05, 0) is 25.1 Å². The van der Waals surface area contributed by atoms with Gasteiger partial charge in [0.05, 0.1) is 11.3 Å². The molecule has 1 aliphatic rings. The summed E-state index contributed by atoms with van der Waals surface area (Å²) in [5.74, 6) is -1.07. The van der Waals surface area contributed by atoms with E-state index in [1.54, 1.807) is 25.1 Å². The van der Waals surface area contributed by atoms with Crippen LogP contribution in [0.4, 0.5) is 5.69 Å². The molecule has 3 nitrogen and oxygen atoms in total. The third kappa shape index (κ3) is 2.21. The molecule has 0 saturated carbocycles. The maximum absolute atomic E-state index is 11.7. The van der Waals surface area contributed by atoms with E-state index in [1.807, 2.05) is 0 Å². The number of nitrogens with zero attached hydrogens (tertiary/aromatic N) is 1. The SMILES string of the molecule is C/C(Cl)=C/CN1C(=O)C(=O)c2cc(Cl)ccc21. The normalized spacial score (nSPS) is 15.5. The Morgan fingerprint density at radius 3 is 2.76 bits per heavy atom. The Labute approximate surface area is 109 Å². The lowest BCUT2D eigenvalue weighted by Gasteiger charge is -2.13. The Morgan fingerprint density at radius 2 is 2.12 bits per heavy atom. The van der Waals surface area contributed by atoms with Crippen LogP contribution in [-0.2, 0) is 4.79 Å². The molecule has 0 spiro atoms. The predicted octanol–water partition coefficient (Wildman–Crippen LogP) is 3.01. The maximum atomic E-state index is 11.7. The van der Waals surface area contributed by atoms with Gasteiger partial charge in [-0.3, -0.25) is 9.59 Å². The molecule has 2 rings (SSSR count). The zero-order valence-corrected chi connectivity index (χ0v) is 10.5. The van der Waals surface area contributed by atoms with E-state index in [0.29, 0.717) is 21.3 Å². The highest BCUT2D eigenvalue weighted by molar-refractivity contribution is 6.52. The van der Waals surface area contributed by atoms with Crippen LogP contribution in [0.2, 0.25) is 5.02 Å². The molecule has 0 aromatic heterocycles. The fourth-order valence-electron chi connectivity index (χ4n) is 1.67. The molecule has 0 radical (unpaired) electrons. The Hall–Kier alpha value is -1.32. The molecule has 17 heavy (non-hydrogen) atoms. The van der Waals surface area contributed by atoms with Crippen molar-refractivity contribution in [2.75, 3.05) is 11.4 Å². The molecule has 0 unspecified atom stereocenters. The molecule has 0 saturated heterocycles. The lowest BCUT2D eigenvalue weighted by Crippen LogP contribution is -2.29. The number of amides is 1. The first-order chi connectivity index (χ1) is 8.00. The zero-order valence-electron chi connectivity index (χ0n) is 9.04. The highest BCUT2D eigenvalue weighted by Crippen LogP contribution is 2.31. The van der Waals surface area contributed by atoms with Crippen LogP contribution in [0.5, 0.6) is 0 Å². The van der Waals surface area contributed by atoms with Gasteiger partial charge in [-0.1, -0.05) is 29.3 Å². The van der Waals surface area contributed by atoms with E-state index in [0.717, 1.165) is 0 Å². The number of benzene rings is 1. The van der Waals surface area contributed by atoms with E-state index in [-0.39, 0.29) is 6.54 Å². The molecule has 1 amide bonds. The molecule has 88 valence electrons. The Balaban J connectivity index is 2.41. The van der Waals surface area contributed by atoms with Crippen molar-refractivity contribution in [3.05, 3.63) is 39.9 Å². The van der Waals surface area contributed by atoms with Crippen LogP contribution in [0, 0.1) is 0 Å². The third-order valence-electron chi connectivity index (χ3n) is 2.49. The van der Waals surface area contributed by atoms with Crippen LogP contribution in [0.1, 0.15) is 17.3 Å². The van der Waals surface area contributed by atoms with Crippen molar-refractivity contribution in [1.82, 2.24) is 0 Å². The average molecular weight is 270 g/mol. The number of Topliss-reactive ketones (excluding diaryl/α,β-unsaturated/α-hetero) is 1. The number of hydrogen-bond acceptors (Lipinski definition) is 2. The van der Waals surface area contributed by atoms with Crippen molar-refractivity contribution in [2.45, 2.75) is 6.92 Å². The van der Waals surface area contributed by atoms with E-state index in [9.17, 15) is 9.59 Å². The third-order valence-corrected chi connectivity index (χ3v) is 2.88. The minimum atomic E-state index is -0.545. The molecule has 0 bridgehead atoms. The van der Waals surface area contributed by atoms with Crippen LogP contribution in [0.3, 0.4) is 0 Å². The second-order valence-corrected chi connectivity index (χ2v) is 4.73. The monoisotopic (exact) mass is 269 g/mol. The molecule has 1 aromatic carbocycles. The standard InChI is InChI=1S/C12H9Cl2NO2/c1-7(13)4-5-15-10-3-2-8(14)6-9(10)11(16)12(15)17/h2-4,6H,5H2,1H3/b7-4-. The summed E-state index contributed by atoms with van der Waals surface area (Å²) in [4.78, 5) is 24.8. The quantitative estimate of drug-likeness (QED) is 0.774. The molecule has 1 aromatic rings. The molecule has 0 aliphatic carbocycles. The summed E-state index contributed by atoms with van der Waals surface area (Å²) in [6.07, 6.45) is 1.68. The first-order valence-corrected chi connectivity index (χ1v) is 5.74. The Kier molecular flexibility index (Phi) is 3.22. The van der Waals surface area contributed by atoms with E-state index in [4.69, 9.17) is 23.2 Å². The van der Waals surface area contributed by atoms with Gasteiger partial charge in [-0.15, -0.1) is 0 Å². The van der Waals surface area contributed by atoms with Crippen molar-refractivity contribution >= 4 is 40.6 Å². The number of halogens is 2. The van der Waals surface area contributed by atoms with E-state index >= 15 is 0 Å². The molecular weight excluding hydrogens is 261 g/mol. The van der Waals surface area contributed by atoms with Crippen molar-refractivity contribution in [3.8, 4) is 0 Å². The van der Waals surface area contributed by atoms with Crippen LogP contribution in [0.15, 0.2) is 29.3 Å². The van der Waals surface area contributed by atoms with Gasteiger partial charge in [-0.2, -0.15) is 0 Å². The number of allylic oxidation sites excluding steroid dienone is 1. The Bertz CT molecular complexity index is 533. The summed E-state index contributed by atoms with van der Waals surface area (Å²) < 4.78 is 0. The van der Waals surface area contributed by atoms with Gasteiger partial charge in [0.25, 0.3) is 11.7 Å². The van der Waals surface area contributed by atoms with Crippen molar-refractivity contribution < 1.29 is 9.59 Å². The maximum Gasteiger partial charge on any atom is 0.299 e. The largest absolute Gasteiger partial charge is 0.301 e. The second-order valence-electron chi connectivity index (χ2n) is 3.70. The molecule has 0 atom stereocenters. The lowest BCUT2D eigenvalue weighted by molar-refractivity contribution is -0.114. The lowest BCUT2D eigenvalue weighted by atomic mass is 10.1. The molecule has 5 heteroatoms. The zero-order chi connectivity index (χ0) is 12.6. The van der Waals surface area contributed by atoms with Gasteiger partial charge < -0.3 is 4.90 Å².